The Morgan fingerprint density at radius 3 is 2.92 bits per heavy atom. The molecular weight excluding hydrogens is 463 g/mol. The van der Waals surface area contributed by atoms with Crippen molar-refractivity contribution in [2.75, 3.05) is 51.3 Å². The number of aliphatic imine (C=N–C) groups is 1. The summed E-state index contributed by atoms with van der Waals surface area (Å²) in [7, 11) is 1.73. The number of ether oxygens (including phenoxy) is 1. The van der Waals surface area contributed by atoms with Gasteiger partial charge in [0.05, 0.1) is 0 Å². The third-order valence-corrected chi connectivity index (χ3v) is 4.70. The van der Waals surface area contributed by atoms with Gasteiger partial charge in [0.2, 0.25) is 0 Å². The van der Waals surface area contributed by atoms with E-state index >= 15 is 0 Å². The minimum Gasteiger partial charge on any atom is -0.385 e. The van der Waals surface area contributed by atoms with E-state index in [1.807, 2.05) is 6.07 Å². The van der Waals surface area contributed by atoms with E-state index in [0.29, 0.717) is 5.92 Å². The Balaban J connectivity index is 0.00000338. The molecule has 0 radical (unpaired) electrons. The molecule has 0 amide bonds. The SMILES string of the molecule is CCNC(=NCC1CCN(c2cc(Cl)ccc2C)C1)NCCCOC.I. The smallest absolute Gasteiger partial charge is 0.191 e. The Morgan fingerprint density at radius 1 is 1.38 bits per heavy atom. The van der Waals surface area contributed by atoms with Crippen LogP contribution in [0.4, 0.5) is 5.69 Å². The summed E-state index contributed by atoms with van der Waals surface area (Å²) in [5.74, 6) is 1.48. The molecule has 1 aliphatic heterocycles. The minimum atomic E-state index is 0. The lowest BCUT2D eigenvalue weighted by Gasteiger charge is -2.21. The number of nitrogens with zero attached hydrogens (tertiary/aromatic N) is 2. The van der Waals surface area contributed by atoms with E-state index in [1.165, 1.54) is 17.7 Å². The van der Waals surface area contributed by atoms with Gasteiger partial charge in [-0.25, -0.2) is 0 Å². The van der Waals surface area contributed by atoms with Crippen LogP contribution in [-0.2, 0) is 4.74 Å². The van der Waals surface area contributed by atoms with Crippen LogP contribution >= 0.6 is 35.6 Å². The van der Waals surface area contributed by atoms with Gasteiger partial charge >= 0.3 is 0 Å². The van der Waals surface area contributed by atoms with Gasteiger partial charge in [-0.2, -0.15) is 0 Å². The highest BCUT2D eigenvalue weighted by Crippen LogP contribution is 2.29. The second kappa shape index (κ2) is 12.6. The van der Waals surface area contributed by atoms with Gasteiger partial charge < -0.3 is 20.3 Å². The highest BCUT2D eigenvalue weighted by atomic mass is 127. The summed E-state index contributed by atoms with van der Waals surface area (Å²) in [6.07, 6.45) is 2.14. The fourth-order valence-corrected chi connectivity index (χ4v) is 3.28. The maximum Gasteiger partial charge on any atom is 0.191 e. The van der Waals surface area contributed by atoms with Crippen LogP contribution in [0, 0.1) is 12.8 Å². The van der Waals surface area contributed by atoms with Crippen molar-refractivity contribution >= 4 is 47.2 Å². The number of rotatable bonds is 8. The zero-order chi connectivity index (χ0) is 18.1. The van der Waals surface area contributed by atoms with E-state index in [0.717, 1.165) is 56.7 Å². The van der Waals surface area contributed by atoms with E-state index in [-0.39, 0.29) is 24.0 Å². The second-order valence-corrected chi connectivity index (χ2v) is 6.96. The van der Waals surface area contributed by atoms with Crippen molar-refractivity contribution in [3.05, 3.63) is 28.8 Å². The maximum atomic E-state index is 6.17. The molecule has 148 valence electrons. The van der Waals surface area contributed by atoms with Crippen molar-refractivity contribution < 1.29 is 4.74 Å². The lowest BCUT2D eigenvalue weighted by Crippen LogP contribution is -2.38. The molecule has 1 unspecified atom stereocenters. The molecule has 0 spiro atoms. The standard InChI is InChI=1S/C19H31ClN4O.HI/c1-4-21-19(22-9-5-11-25-3)23-13-16-8-10-24(14-16)18-12-17(20)7-6-15(18)2;/h6-7,12,16H,4-5,8-11,13-14H2,1-3H3,(H2,21,22,23);1H. The summed E-state index contributed by atoms with van der Waals surface area (Å²) in [6, 6.07) is 6.12. The molecule has 0 bridgehead atoms. The van der Waals surface area contributed by atoms with E-state index in [9.17, 15) is 0 Å². The third-order valence-electron chi connectivity index (χ3n) is 4.47. The fourth-order valence-electron chi connectivity index (χ4n) is 3.11. The van der Waals surface area contributed by atoms with E-state index in [2.05, 4.69) is 41.5 Å². The van der Waals surface area contributed by atoms with Gasteiger partial charge in [-0.1, -0.05) is 17.7 Å². The molecule has 1 aromatic carbocycles. The Labute approximate surface area is 179 Å². The van der Waals surface area contributed by atoms with Crippen molar-refractivity contribution in [2.45, 2.75) is 26.7 Å². The quantitative estimate of drug-likeness (QED) is 0.250. The van der Waals surface area contributed by atoms with Crippen LogP contribution in [0.15, 0.2) is 23.2 Å². The molecule has 0 aliphatic carbocycles. The van der Waals surface area contributed by atoms with E-state index in [1.54, 1.807) is 7.11 Å². The summed E-state index contributed by atoms with van der Waals surface area (Å²) >= 11 is 6.17. The predicted molar refractivity (Wildman–Crippen MR) is 122 cm³/mol. The highest BCUT2D eigenvalue weighted by molar-refractivity contribution is 14.0. The number of anilines is 1. The Bertz CT molecular complexity index is 570. The number of benzene rings is 1. The molecule has 0 saturated carbocycles. The van der Waals surface area contributed by atoms with Crippen LogP contribution in [0.25, 0.3) is 0 Å². The summed E-state index contributed by atoms with van der Waals surface area (Å²) in [5.41, 5.74) is 2.53. The van der Waals surface area contributed by atoms with Crippen molar-refractivity contribution in [3.8, 4) is 0 Å². The van der Waals surface area contributed by atoms with Crippen molar-refractivity contribution in [2.24, 2.45) is 10.9 Å². The van der Waals surface area contributed by atoms with Crippen LogP contribution in [0.1, 0.15) is 25.3 Å². The van der Waals surface area contributed by atoms with Crippen LogP contribution in [0.2, 0.25) is 5.02 Å². The summed E-state index contributed by atoms with van der Waals surface area (Å²) in [5, 5.41) is 7.48. The molecule has 26 heavy (non-hydrogen) atoms. The third kappa shape index (κ3) is 7.48. The largest absolute Gasteiger partial charge is 0.385 e. The average Bonchev–Trinajstić information content (AvgIpc) is 3.07. The first-order chi connectivity index (χ1) is 12.1. The number of aryl methyl sites for hydroxylation is 1. The zero-order valence-corrected chi connectivity index (χ0v) is 19.1. The number of methoxy groups -OCH3 is 1. The molecule has 1 atom stereocenters. The van der Waals surface area contributed by atoms with Crippen molar-refractivity contribution in [1.29, 1.82) is 0 Å². The first kappa shape index (κ1) is 23.3. The molecule has 1 fully saturated rings. The molecule has 1 heterocycles. The molecule has 0 aromatic heterocycles. The average molecular weight is 495 g/mol. The number of nitrogens with one attached hydrogen (secondary N) is 2. The molecule has 1 saturated heterocycles. The number of hydrogen-bond acceptors (Lipinski definition) is 3. The molecule has 2 rings (SSSR count). The first-order valence-electron chi connectivity index (χ1n) is 9.16. The van der Waals surface area contributed by atoms with Crippen molar-refractivity contribution in [1.82, 2.24) is 10.6 Å². The lowest BCUT2D eigenvalue weighted by molar-refractivity contribution is 0.195. The summed E-state index contributed by atoms with van der Waals surface area (Å²) < 4.78 is 5.08. The van der Waals surface area contributed by atoms with E-state index < -0.39 is 0 Å². The monoisotopic (exact) mass is 494 g/mol. The lowest BCUT2D eigenvalue weighted by atomic mass is 10.1. The Morgan fingerprint density at radius 2 is 2.19 bits per heavy atom. The fraction of sp³-hybridized carbons (Fsp3) is 0.632. The Hall–Kier alpha value is -0.730. The van der Waals surface area contributed by atoms with E-state index in [4.69, 9.17) is 21.3 Å². The molecule has 7 heteroatoms. The van der Waals surface area contributed by atoms with Gasteiger partial charge in [0.15, 0.2) is 5.96 Å². The van der Waals surface area contributed by atoms with Crippen LogP contribution < -0.4 is 15.5 Å². The minimum absolute atomic E-state index is 0. The van der Waals surface area contributed by atoms with Gasteiger partial charge in [-0.15, -0.1) is 24.0 Å². The highest BCUT2D eigenvalue weighted by Gasteiger charge is 2.23. The second-order valence-electron chi connectivity index (χ2n) is 6.52. The topological polar surface area (TPSA) is 48.9 Å². The summed E-state index contributed by atoms with van der Waals surface area (Å²) in [4.78, 5) is 7.19. The molecule has 1 aromatic rings. The van der Waals surface area contributed by atoms with Gasteiger partial charge in [-0.05, 0) is 50.3 Å². The van der Waals surface area contributed by atoms with Gasteiger partial charge in [0, 0.05) is 57.2 Å². The van der Waals surface area contributed by atoms with Crippen LogP contribution in [0.3, 0.4) is 0 Å². The number of hydrogen-bond donors (Lipinski definition) is 2. The van der Waals surface area contributed by atoms with Gasteiger partial charge in [0.1, 0.15) is 0 Å². The van der Waals surface area contributed by atoms with Gasteiger partial charge in [0.25, 0.3) is 0 Å². The summed E-state index contributed by atoms with van der Waals surface area (Å²) in [6.45, 7) is 9.69. The van der Waals surface area contributed by atoms with Crippen LogP contribution in [-0.4, -0.2) is 52.4 Å². The van der Waals surface area contributed by atoms with Crippen molar-refractivity contribution in [3.63, 3.8) is 0 Å². The maximum absolute atomic E-state index is 6.17. The Kier molecular flexibility index (Phi) is 11.3. The van der Waals surface area contributed by atoms with Gasteiger partial charge in [-0.3, -0.25) is 4.99 Å². The zero-order valence-electron chi connectivity index (χ0n) is 16.1. The molecule has 1 aliphatic rings. The number of guanidine groups is 1. The molecule has 5 nitrogen and oxygen atoms in total. The predicted octanol–water partition coefficient (Wildman–Crippen LogP) is 3.68. The molecular formula is C19H32ClIN4O. The first-order valence-corrected chi connectivity index (χ1v) is 9.54. The normalized spacial score (nSPS) is 17.2. The van der Waals surface area contributed by atoms with Crippen LogP contribution in [0.5, 0.6) is 0 Å². The molecule has 2 N–H and O–H groups in total. The number of halogens is 2.